The zero-order valence-electron chi connectivity index (χ0n) is 7.01. The number of halogens is 2. The van der Waals surface area contributed by atoms with Crippen molar-refractivity contribution in [3.63, 3.8) is 0 Å². The molecule has 0 saturated carbocycles. The van der Waals surface area contributed by atoms with Gasteiger partial charge in [-0.2, -0.15) is 0 Å². The van der Waals surface area contributed by atoms with Crippen LogP contribution in [0.3, 0.4) is 0 Å². The van der Waals surface area contributed by atoms with E-state index < -0.39 is 11.6 Å². The molecule has 0 unspecified atom stereocenters. The zero-order chi connectivity index (χ0) is 9.42. The van der Waals surface area contributed by atoms with Crippen LogP contribution in [0.15, 0.2) is 24.5 Å². The molecule has 3 heteroatoms. The number of fused-ring (bicyclic) bond motifs is 1. The van der Waals surface area contributed by atoms with E-state index in [1.165, 1.54) is 12.3 Å². The van der Waals surface area contributed by atoms with Crippen molar-refractivity contribution in [1.82, 2.24) is 4.98 Å². The van der Waals surface area contributed by atoms with Crippen molar-refractivity contribution in [2.24, 2.45) is 0 Å². The Morgan fingerprint density at radius 1 is 1.08 bits per heavy atom. The molecule has 0 aliphatic carbocycles. The van der Waals surface area contributed by atoms with Gasteiger partial charge in [0, 0.05) is 23.8 Å². The molecular formula is C10H7F2N. The van der Waals surface area contributed by atoms with E-state index in [0.29, 0.717) is 10.8 Å². The van der Waals surface area contributed by atoms with Gasteiger partial charge in [0.2, 0.25) is 0 Å². The molecule has 1 aromatic heterocycles. The van der Waals surface area contributed by atoms with E-state index in [9.17, 15) is 8.78 Å². The zero-order valence-corrected chi connectivity index (χ0v) is 7.01. The standard InChI is InChI=1S/C10H7F2N/c1-6-4-13-5-9-8(6)2-7(11)3-10(9)12/h2-5H,1H3. The summed E-state index contributed by atoms with van der Waals surface area (Å²) >= 11 is 0. The summed E-state index contributed by atoms with van der Waals surface area (Å²) in [5, 5.41) is 0.939. The maximum atomic E-state index is 13.1. The smallest absolute Gasteiger partial charge is 0.135 e. The van der Waals surface area contributed by atoms with Crippen molar-refractivity contribution in [2.75, 3.05) is 0 Å². The summed E-state index contributed by atoms with van der Waals surface area (Å²) in [5.41, 5.74) is 0.774. The van der Waals surface area contributed by atoms with Gasteiger partial charge in [-0.25, -0.2) is 8.78 Å². The van der Waals surface area contributed by atoms with Crippen molar-refractivity contribution < 1.29 is 8.78 Å². The predicted molar refractivity (Wildman–Crippen MR) is 46.4 cm³/mol. The van der Waals surface area contributed by atoms with E-state index >= 15 is 0 Å². The molecule has 0 radical (unpaired) electrons. The molecule has 0 aliphatic rings. The number of aryl methyl sites for hydroxylation is 1. The van der Waals surface area contributed by atoms with Gasteiger partial charge in [0.1, 0.15) is 11.6 Å². The van der Waals surface area contributed by atoms with Crippen LogP contribution in [0.5, 0.6) is 0 Å². The molecule has 0 fully saturated rings. The summed E-state index contributed by atoms with van der Waals surface area (Å²) in [6.07, 6.45) is 2.98. The molecule has 0 atom stereocenters. The molecule has 0 amide bonds. The maximum absolute atomic E-state index is 13.1. The second-order valence-electron chi connectivity index (χ2n) is 2.94. The molecule has 2 aromatic rings. The second-order valence-corrected chi connectivity index (χ2v) is 2.94. The molecule has 66 valence electrons. The van der Waals surface area contributed by atoms with Crippen molar-refractivity contribution in [3.8, 4) is 0 Å². The van der Waals surface area contributed by atoms with Gasteiger partial charge in [0.25, 0.3) is 0 Å². The average molecular weight is 179 g/mol. The molecule has 0 spiro atoms. The van der Waals surface area contributed by atoms with Gasteiger partial charge in [0.15, 0.2) is 0 Å². The normalized spacial score (nSPS) is 10.7. The van der Waals surface area contributed by atoms with Crippen molar-refractivity contribution >= 4 is 10.8 Å². The van der Waals surface area contributed by atoms with Crippen LogP contribution in [-0.4, -0.2) is 4.98 Å². The third-order valence-electron chi connectivity index (χ3n) is 1.99. The highest BCUT2D eigenvalue weighted by atomic mass is 19.1. The molecule has 1 heterocycles. The van der Waals surface area contributed by atoms with Gasteiger partial charge in [0.05, 0.1) is 0 Å². The van der Waals surface area contributed by atoms with E-state index in [0.717, 1.165) is 11.6 Å². The van der Waals surface area contributed by atoms with Crippen molar-refractivity contribution in [2.45, 2.75) is 6.92 Å². The monoisotopic (exact) mass is 179 g/mol. The Labute approximate surface area is 74.0 Å². The Bertz CT molecular complexity index is 466. The van der Waals surface area contributed by atoms with Crippen LogP contribution in [0, 0.1) is 18.6 Å². The first-order valence-electron chi connectivity index (χ1n) is 3.88. The van der Waals surface area contributed by atoms with E-state index in [1.54, 1.807) is 13.1 Å². The van der Waals surface area contributed by atoms with Gasteiger partial charge in [-0.05, 0) is 23.9 Å². The molecule has 0 saturated heterocycles. The van der Waals surface area contributed by atoms with E-state index in [4.69, 9.17) is 0 Å². The Morgan fingerprint density at radius 3 is 2.62 bits per heavy atom. The molecule has 0 aliphatic heterocycles. The van der Waals surface area contributed by atoms with E-state index in [1.807, 2.05) is 0 Å². The highest BCUT2D eigenvalue weighted by Crippen LogP contribution is 2.21. The van der Waals surface area contributed by atoms with E-state index in [-0.39, 0.29) is 0 Å². The van der Waals surface area contributed by atoms with Crippen LogP contribution in [0.25, 0.3) is 10.8 Å². The molecule has 1 aromatic carbocycles. The first-order chi connectivity index (χ1) is 6.18. The lowest BCUT2D eigenvalue weighted by Crippen LogP contribution is -1.87. The van der Waals surface area contributed by atoms with Crippen LogP contribution in [-0.2, 0) is 0 Å². The number of aromatic nitrogens is 1. The quantitative estimate of drug-likeness (QED) is 0.606. The fourth-order valence-corrected chi connectivity index (χ4v) is 1.34. The molecular weight excluding hydrogens is 172 g/mol. The first kappa shape index (κ1) is 8.10. The number of nitrogens with zero attached hydrogens (tertiary/aromatic N) is 1. The van der Waals surface area contributed by atoms with Gasteiger partial charge in [-0.3, -0.25) is 4.98 Å². The minimum Gasteiger partial charge on any atom is -0.264 e. The predicted octanol–water partition coefficient (Wildman–Crippen LogP) is 2.82. The number of pyridine rings is 1. The Balaban J connectivity index is 2.94. The van der Waals surface area contributed by atoms with Gasteiger partial charge >= 0.3 is 0 Å². The lowest BCUT2D eigenvalue weighted by atomic mass is 10.1. The first-order valence-corrected chi connectivity index (χ1v) is 3.88. The third kappa shape index (κ3) is 1.26. The summed E-state index contributed by atoms with van der Waals surface area (Å²) in [4.78, 5) is 3.84. The molecule has 0 bridgehead atoms. The maximum Gasteiger partial charge on any atom is 0.135 e. The number of benzene rings is 1. The van der Waals surface area contributed by atoms with Crippen molar-refractivity contribution in [1.29, 1.82) is 0 Å². The minimum atomic E-state index is -0.564. The van der Waals surface area contributed by atoms with Crippen LogP contribution in [0.1, 0.15) is 5.56 Å². The fourth-order valence-electron chi connectivity index (χ4n) is 1.34. The third-order valence-corrected chi connectivity index (χ3v) is 1.99. The summed E-state index contributed by atoms with van der Waals surface area (Å²) < 4.78 is 26.0. The Hall–Kier alpha value is -1.51. The fraction of sp³-hybridized carbons (Fsp3) is 0.100. The van der Waals surface area contributed by atoms with Crippen LogP contribution < -0.4 is 0 Å². The number of hydrogen-bond donors (Lipinski definition) is 0. The lowest BCUT2D eigenvalue weighted by molar-refractivity contribution is 0.592. The SMILES string of the molecule is Cc1cncc2c(F)cc(F)cc12. The molecule has 1 nitrogen and oxygen atoms in total. The van der Waals surface area contributed by atoms with Gasteiger partial charge < -0.3 is 0 Å². The number of hydrogen-bond acceptors (Lipinski definition) is 1. The topological polar surface area (TPSA) is 12.9 Å². The highest BCUT2D eigenvalue weighted by molar-refractivity contribution is 5.85. The van der Waals surface area contributed by atoms with Gasteiger partial charge in [-0.1, -0.05) is 0 Å². The van der Waals surface area contributed by atoms with E-state index in [2.05, 4.69) is 4.98 Å². The molecule has 13 heavy (non-hydrogen) atoms. The lowest BCUT2D eigenvalue weighted by Gasteiger charge is -2.01. The summed E-state index contributed by atoms with van der Waals surface area (Å²) in [6.45, 7) is 1.77. The van der Waals surface area contributed by atoms with Crippen molar-refractivity contribution in [3.05, 3.63) is 41.7 Å². The van der Waals surface area contributed by atoms with Crippen LogP contribution in [0.2, 0.25) is 0 Å². The minimum absolute atomic E-state index is 0.362. The average Bonchev–Trinajstić information content (AvgIpc) is 2.07. The molecule has 2 rings (SSSR count). The van der Waals surface area contributed by atoms with Gasteiger partial charge in [-0.15, -0.1) is 0 Å². The summed E-state index contributed by atoms with van der Waals surface area (Å²) in [7, 11) is 0. The largest absolute Gasteiger partial charge is 0.264 e. The Kier molecular flexibility index (Phi) is 1.72. The molecule has 0 N–H and O–H groups in total. The Morgan fingerprint density at radius 2 is 1.85 bits per heavy atom. The summed E-state index contributed by atoms with van der Waals surface area (Å²) in [6, 6.07) is 2.18. The second kappa shape index (κ2) is 2.76. The summed E-state index contributed by atoms with van der Waals surface area (Å²) in [5.74, 6) is -1.12. The highest BCUT2D eigenvalue weighted by Gasteiger charge is 2.05. The van der Waals surface area contributed by atoms with Crippen LogP contribution >= 0.6 is 0 Å². The van der Waals surface area contributed by atoms with Crippen LogP contribution in [0.4, 0.5) is 8.78 Å². The number of rotatable bonds is 0.